The van der Waals surface area contributed by atoms with Crippen LogP contribution in [0.5, 0.6) is 0 Å². The molecule has 1 aliphatic carbocycles. The Morgan fingerprint density at radius 2 is 1.43 bits per heavy atom. The van der Waals surface area contributed by atoms with Crippen LogP contribution in [0.1, 0.15) is 35.2 Å². The van der Waals surface area contributed by atoms with Crippen LogP contribution in [0.3, 0.4) is 0 Å². The highest BCUT2D eigenvalue weighted by Gasteiger charge is 2.59. The van der Waals surface area contributed by atoms with Crippen LogP contribution in [0.2, 0.25) is 0 Å². The first-order chi connectivity index (χ1) is 22.7. The Morgan fingerprint density at radius 1 is 0.804 bits per heavy atom. The molecular weight excluding hydrogens is 580 g/mol. The van der Waals surface area contributed by atoms with Gasteiger partial charge in [0, 0.05) is 12.7 Å². The van der Waals surface area contributed by atoms with E-state index in [-0.39, 0.29) is 0 Å². The van der Waals surface area contributed by atoms with E-state index in [2.05, 4.69) is 57.1 Å². The van der Waals surface area contributed by atoms with E-state index in [4.69, 9.17) is 24.7 Å². The number of hydrogen-bond donors (Lipinski definition) is 3. The van der Waals surface area contributed by atoms with Crippen molar-refractivity contribution >= 4 is 11.3 Å². The van der Waals surface area contributed by atoms with Gasteiger partial charge in [0.15, 0.2) is 11.5 Å². The van der Waals surface area contributed by atoms with Gasteiger partial charge in [0.1, 0.15) is 30.2 Å². The maximum atomic E-state index is 7.14. The zero-order valence-electron chi connectivity index (χ0n) is 25.7. The molecule has 0 amide bonds. The molecule has 0 spiro atoms. The highest BCUT2D eigenvalue weighted by Crippen LogP contribution is 2.43. The average molecular weight is 621 g/mol. The molecule has 10 nitrogen and oxygen atoms in total. The van der Waals surface area contributed by atoms with E-state index in [0.29, 0.717) is 50.5 Å². The van der Waals surface area contributed by atoms with Crippen LogP contribution in [0.15, 0.2) is 109 Å². The summed E-state index contributed by atoms with van der Waals surface area (Å²) in [6.07, 6.45) is 2.18. The van der Waals surface area contributed by atoms with Gasteiger partial charge in [0.05, 0.1) is 32.1 Å². The second-order valence-corrected chi connectivity index (χ2v) is 11.9. The lowest BCUT2D eigenvalue weighted by atomic mass is 9.98. The molecule has 1 saturated carbocycles. The molecule has 0 radical (unpaired) electrons. The Hall–Kier alpha value is -4.16. The number of aromatic nitrogens is 3. The number of hydrogen-bond acceptors (Lipinski definition) is 9. The monoisotopic (exact) mass is 620 g/mol. The third kappa shape index (κ3) is 6.82. The molecule has 1 saturated heterocycles. The Labute approximate surface area is 268 Å². The summed E-state index contributed by atoms with van der Waals surface area (Å²) in [5, 5.41) is 11.9. The molecule has 7 rings (SSSR count). The van der Waals surface area contributed by atoms with Crippen molar-refractivity contribution in [3.8, 4) is 0 Å². The topological polar surface area (TPSA) is 117 Å². The fourth-order valence-electron chi connectivity index (χ4n) is 6.02. The van der Waals surface area contributed by atoms with Crippen molar-refractivity contribution in [1.29, 1.82) is 0 Å². The van der Waals surface area contributed by atoms with E-state index in [0.717, 1.165) is 35.2 Å². The van der Waals surface area contributed by atoms with Gasteiger partial charge in [0.25, 0.3) is 0 Å². The first kappa shape index (κ1) is 30.5. The summed E-state index contributed by atoms with van der Waals surface area (Å²) in [7, 11) is 0. The normalized spacial score (nSPS) is 22.8. The third-order valence-corrected chi connectivity index (χ3v) is 8.54. The molecule has 10 heteroatoms. The lowest BCUT2D eigenvalue weighted by molar-refractivity contribution is -0.148. The van der Waals surface area contributed by atoms with Gasteiger partial charge in [-0.05, 0) is 41.7 Å². The van der Waals surface area contributed by atoms with Crippen LogP contribution in [-0.2, 0) is 44.5 Å². The van der Waals surface area contributed by atoms with E-state index in [1.165, 1.54) is 6.33 Å². The molecule has 2 aromatic heterocycles. The van der Waals surface area contributed by atoms with Gasteiger partial charge in [0.2, 0.25) is 0 Å². The molecule has 1 unspecified atom stereocenters. The SMILES string of the molecule is Nc1ncnn2c(C3(NCNC4CC4)O[C@H](COCc4ccccc4)[C@@H](OCc4ccccc4)[C@H]3OCc3ccccc3)ccc12. The lowest BCUT2D eigenvalue weighted by Gasteiger charge is -2.36. The van der Waals surface area contributed by atoms with Gasteiger partial charge in [-0.25, -0.2) is 9.50 Å². The molecule has 0 bridgehead atoms. The van der Waals surface area contributed by atoms with E-state index >= 15 is 0 Å². The minimum absolute atomic E-state index is 0.291. The molecule has 3 aromatic carbocycles. The Bertz CT molecular complexity index is 1680. The maximum Gasteiger partial charge on any atom is 0.192 e. The van der Waals surface area contributed by atoms with Crippen molar-refractivity contribution in [2.45, 2.75) is 62.7 Å². The summed E-state index contributed by atoms with van der Waals surface area (Å²) < 4.78 is 28.9. The number of nitrogens with two attached hydrogens (primary N) is 1. The van der Waals surface area contributed by atoms with Crippen molar-refractivity contribution < 1.29 is 18.9 Å². The standard InChI is InChI=1S/C36H40N6O4/c37-35-30-18-19-32(42(30)41-25-39-35)36(40-24-38-29-16-17-29)34(45-22-28-14-8-3-9-15-28)33(44-21-27-12-6-2-7-13-27)31(46-36)23-43-20-26-10-4-1-5-11-26/h1-15,18-19,25,29,31,33-34,38,40H,16-17,20-24H2,(H2,37,39,41)/t31-,33-,34-,36?/m1/s1. The van der Waals surface area contributed by atoms with Gasteiger partial charge < -0.3 is 30.0 Å². The molecule has 4 atom stereocenters. The van der Waals surface area contributed by atoms with Gasteiger partial charge in [-0.1, -0.05) is 91.0 Å². The molecule has 1 aliphatic heterocycles. The average Bonchev–Trinajstić information content (AvgIpc) is 3.73. The molecule has 238 valence electrons. The summed E-state index contributed by atoms with van der Waals surface area (Å²) in [5.41, 5.74) is 9.74. The van der Waals surface area contributed by atoms with Crippen LogP contribution >= 0.6 is 0 Å². The highest BCUT2D eigenvalue weighted by atomic mass is 16.6. The number of nitrogens with zero attached hydrogens (tertiary/aromatic N) is 3. The zero-order valence-corrected chi connectivity index (χ0v) is 25.7. The van der Waals surface area contributed by atoms with Crippen molar-refractivity contribution in [2.75, 3.05) is 19.0 Å². The Morgan fingerprint density at radius 3 is 2.09 bits per heavy atom. The highest BCUT2D eigenvalue weighted by molar-refractivity contribution is 5.65. The van der Waals surface area contributed by atoms with Gasteiger partial charge in [-0.2, -0.15) is 5.10 Å². The van der Waals surface area contributed by atoms with Gasteiger partial charge in [-0.15, -0.1) is 0 Å². The maximum absolute atomic E-state index is 7.14. The Balaban J connectivity index is 1.27. The van der Waals surface area contributed by atoms with Crippen molar-refractivity contribution in [3.05, 3.63) is 132 Å². The largest absolute Gasteiger partial charge is 0.382 e. The van der Waals surface area contributed by atoms with Crippen molar-refractivity contribution in [1.82, 2.24) is 25.2 Å². The molecule has 46 heavy (non-hydrogen) atoms. The predicted octanol–water partition coefficient (Wildman–Crippen LogP) is 4.55. The minimum Gasteiger partial charge on any atom is -0.382 e. The number of nitrogens with one attached hydrogen (secondary N) is 2. The first-order valence-electron chi connectivity index (χ1n) is 15.9. The van der Waals surface area contributed by atoms with Crippen LogP contribution in [-0.4, -0.2) is 52.2 Å². The number of anilines is 1. The molecule has 3 heterocycles. The van der Waals surface area contributed by atoms with Crippen LogP contribution in [0.25, 0.3) is 5.52 Å². The van der Waals surface area contributed by atoms with Gasteiger partial charge >= 0.3 is 0 Å². The van der Waals surface area contributed by atoms with E-state index in [1.807, 2.05) is 66.7 Å². The van der Waals surface area contributed by atoms with Crippen molar-refractivity contribution in [3.63, 3.8) is 0 Å². The molecule has 4 N–H and O–H groups in total. The Kier molecular flexibility index (Phi) is 9.34. The quantitative estimate of drug-likeness (QED) is 0.145. The first-order valence-corrected chi connectivity index (χ1v) is 15.9. The number of ether oxygens (including phenoxy) is 4. The van der Waals surface area contributed by atoms with Gasteiger partial charge in [-0.3, -0.25) is 5.32 Å². The summed E-state index contributed by atoms with van der Waals surface area (Å²) in [6.45, 7) is 1.97. The lowest BCUT2D eigenvalue weighted by Crippen LogP contribution is -2.56. The second kappa shape index (κ2) is 14.1. The second-order valence-electron chi connectivity index (χ2n) is 11.9. The zero-order chi connectivity index (χ0) is 31.2. The fourth-order valence-corrected chi connectivity index (χ4v) is 6.02. The number of nitrogen functional groups attached to an aromatic ring is 1. The summed E-state index contributed by atoms with van der Waals surface area (Å²) in [5.74, 6) is 0.381. The van der Waals surface area contributed by atoms with Crippen LogP contribution < -0.4 is 16.4 Å². The molecule has 2 aliphatic rings. The number of rotatable bonds is 15. The fraction of sp³-hybridized carbons (Fsp3) is 0.333. The smallest absolute Gasteiger partial charge is 0.192 e. The number of fused-ring (bicyclic) bond motifs is 1. The van der Waals surface area contributed by atoms with E-state index in [9.17, 15) is 0 Å². The number of benzene rings is 3. The molecule has 5 aromatic rings. The minimum atomic E-state index is -1.17. The molecular formula is C36H40N6O4. The van der Waals surface area contributed by atoms with E-state index in [1.54, 1.807) is 4.52 Å². The van der Waals surface area contributed by atoms with Crippen molar-refractivity contribution in [2.24, 2.45) is 0 Å². The summed E-state index contributed by atoms with van der Waals surface area (Å²) in [4.78, 5) is 4.22. The molecule has 2 fully saturated rings. The van der Waals surface area contributed by atoms with Crippen LogP contribution in [0.4, 0.5) is 5.82 Å². The third-order valence-electron chi connectivity index (χ3n) is 8.54. The van der Waals surface area contributed by atoms with Crippen LogP contribution in [0, 0.1) is 0 Å². The summed E-state index contributed by atoms with van der Waals surface area (Å²) in [6, 6.07) is 34.8. The van der Waals surface area contributed by atoms with E-state index < -0.39 is 24.0 Å². The summed E-state index contributed by atoms with van der Waals surface area (Å²) >= 11 is 0. The predicted molar refractivity (Wildman–Crippen MR) is 174 cm³/mol.